The molecule has 0 atom stereocenters. The topological polar surface area (TPSA) is 175 Å². The third kappa shape index (κ3) is 28.8. The van der Waals surface area contributed by atoms with E-state index in [1.54, 1.807) is 0 Å². The molecule has 3 heterocycles. The van der Waals surface area contributed by atoms with Gasteiger partial charge in [-0.2, -0.15) is 105 Å². The van der Waals surface area contributed by atoms with Gasteiger partial charge in [0, 0.05) is 183 Å². The highest BCUT2D eigenvalue weighted by molar-refractivity contribution is 5.85. The van der Waals surface area contributed by atoms with Crippen LogP contribution in [0, 0.1) is 0 Å². The number of hydrogen-bond donors (Lipinski definition) is 0. The number of hydrogen-bond acceptors (Lipinski definition) is 12. The monoisotopic (exact) mass is 1570 g/mol. The van der Waals surface area contributed by atoms with Gasteiger partial charge in [-0.15, -0.1) is 0 Å². The first-order valence-electron chi connectivity index (χ1n) is 32.9. The summed E-state index contributed by atoms with van der Waals surface area (Å²) in [5, 5.41) is 0. The molecule has 8 amide bonds. The van der Waals surface area contributed by atoms with E-state index in [0.29, 0.717) is 32.1 Å². The van der Waals surface area contributed by atoms with Crippen LogP contribution in [0.25, 0.3) is 0 Å². The fourth-order valence-corrected chi connectivity index (χ4v) is 11.9. The van der Waals surface area contributed by atoms with Gasteiger partial charge < -0.3 is 39.2 Å². The number of halogens is 24. The van der Waals surface area contributed by atoms with E-state index in [0.717, 1.165) is 0 Å². The van der Waals surface area contributed by atoms with E-state index in [1.807, 2.05) is 0 Å². The Morgan fingerprint density at radius 2 is 0.302 bits per heavy atom. The molecule has 3 aliphatic rings. The number of carbonyl (C=O) groups excluding carboxylic acids is 8. The summed E-state index contributed by atoms with van der Waals surface area (Å²) in [7, 11) is 0. The molecule has 0 N–H and O–H groups in total. The van der Waals surface area contributed by atoms with E-state index in [-0.39, 0.29) is 108 Å². The molecule has 3 saturated heterocycles. The lowest BCUT2D eigenvalue weighted by Crippen LogP contribution is -2.50. The maximum Gasteiger partial charge on any atom is 0.471 e. The van der Waals surface area contributed by atoms with Crippen molar-refractivity contribution in [2.45, 2.75) is 114 Å². The smallest absolute Gasteiger partial charge is 0.334 e. The van der Waals surface area contributed by atoms with E-state index in [4.69, 9.17) is 0 Å². The van der Waals surface area contributed by atoms with Gasteiger partial charge in [-0.1, -0.05) is 48.5 Å². The largest absolute Gasteiger partial charge is 0.471 e. The first-order chi connectivity index (χ1) is 48.9. The van der Waals surface area contributed by atoms with Crippen LogP contribution in [0.3, 0.4) is 0 Å². The first-order valence-corrected chi connectivity index (χ1v) is 32.9. The van der Waals surface area contributed by atoms with Gasteiger partial charge in [0.15, 0.2) is 0 Å². The molecular weight excluding hydrogens is 1500 g/mol. The number of alkyl halides is 24. The molecule has 106 heavy (non-hydrogen) atoms. The molecule has 0 aliphatic carbocycles. The van der Waals surface area contributed by atoms with Crippen LogP contribution < -0.4 is 0 Å². The Kier molecular flexibility index (Phi) is 31.9. The second-order valence-electron chi connectivity index (χ2n) is 25.2. The first kappa shape index (κ1) is 89.0. The molecular formula is C62H76F24N12O8. The van der Waals surface area contributed by atoms with Crippen molar-refractivity contribution in [3.8, 4) is 0 Å². The number of carbonyl (C=O) groups is 8. The SMILES string of the molecule is O=C(N1CCCN(Cc2ccc(CN3CCCN(C(=O)C(F)(F)F)CCN(C(=O)C(F)(F)F)CCCN(C(=O)C(F)(F)F)CC3)cc2)CCN(C(=O)C(F)(F)F)CCCN(Cc2ccc(CN3CCCN(C(=O)C(F)(F)F)CCN(C(=O)C(F)(F)F)CCCN(C(=O)C(F)(F)F)CC3)cc2)CC1)C(F)(F)F. The van der Waals surface area contributed by atoms with Crippen LogP contribution in [0.1, 0.15) is 60.8 Å². The average molecular weight is 1570 g/mol. The number of nitrogens with zero attached hydrogens (tertiary/aromatic N) is 12. The second kappa shape index (κ2) is 37.9. The van der Waals surface area contributed by atoms with Crippen LogP contribution in [0.2, 0.25) is 0 Å². The van der Waals surface area contributed by atoms with Crippen molar-refractivity contribution >= 4 is 47.3 Å². The molecule has 3 aliphatic heterocycles. The number of rotatable bonds is 8. The summed E-state index contributed by atoms with van der Waals surface area (Å²) in [4.78, 5) is 108. The molecule has 44 heteroatoms. The number of benzene rings is 2. The quantitative estimate of drug-likeness (QED) is 0.233. The van der Waals surface area contributed by atoms with Gasteiger partial charge in [0.2, 0.25) is 0 Å². The summed E-state index contributed by atoms with van der Waals surface area (Å²) in [6.07, 6.45) is -46.9. The van der Waals surface area contributed by atoms with E-state index >= 15 is 0 Å². The van der Waals surface area contributed by atoms with Gasteiger partial charge in [-0.05, 0) is 60.8 Å². The fourth-order valence-electron chi connectivity index (χ4n) is 11.9. The van der Waals surface area contributed by atoms with Crippen LogP contribution in [0.15, 0.2) is 48.5 Å². The Hall–Kier alpha value is -7.64. The van der Waals surface area contributed by atoms with E-state index < -0.39 is 240 Å². The molecule has 0 radical (unpaired) electrons. The van der Waals surface area contributed by atoms with E-state index in [2.05, 4.69) is 0 Å². The Bertz CT molecular complexity index is 3010. The highest BCUT2D eigenvalue weighted by atomic mass is 19.4. The summed E-state index contributed by atoms with van der Waals surface area (Å²) in [5.41, 5.74) is 1.42. The Morgan fingerprint density at radius 3 is 0.425 bits per heavy atom. The maximum absolute atomic E-state index is 14.2. The Morgan fingerprint density at radius 1 is 0.189 bits per heavy atom. The predicted molar refractivity (Wildman–Crippen MR) is 323 cm³/mol. The van der Waals surface area contributed by atoms with Gasteiger partial charge >= 0.3 is 96.7 Å². The van der Waals surface area contributed by atoms with Crippen LogP contribution in [0.4, 0.5) is 105 Å². The van der Waals surface area contributed by atoms with Gasteiger partial charge in [-0.3, -0.25) is 58.0 Å². The summed E-state index contributed by atoms with van der Waals surface area (Å²) in [6, 6.07) is 11.6. The van der Waals surface area contributed by atoms with Crippen molar-refractivity contribution < 1.29 is 144 Å². The molecule has 0 bridgehead atoms. The average Bonchev–Trinajstić information content (AvgIpc) is 0.733. The minimum atomic E-state index is -5.59. The Balaban J connectivity index is 1.35. The van der Waals surface area contributed by atoms with Crippen LogP contribution >= 0.6 is 0 Å². The third-order valence-electron chi connectivity index (χ3n) is 17.3. The van der Waals surface area contributed by atoms with Gasteiger partial charge in [0.25, 0.3) is 0 Å². The molecule has 0 saturated carbocycles. The highest BCUT2D eigenvalue weighted by Gasteiger charge is 2.50. The molecule has 2 aromatic rings. The van der Waals surface area contributed by atoms with Crippen LogP contribution in [0.5, 0.6) is 0 Å². The summed E-state index contributed by atoms with van der Waals surface area (Å²) in [6.45, 7) is -17.4. The van der Waals surface area contributed by atoms with Crippen molar-refractivity contribution in [3.63, 3.8) is 0 Å². The minimum Gasteiger partial charge on any atom is -0.334 e. The van der Waals surface area contributed by atoms with Crippen molar-refractivity contribution in [1.29, 1.82) is 0 Å². The third-order valence-corrected chi connectivity index (χ3v) is 17.3. The molecule has 2 aromatic carbocycles. The molecule has 0 aromatic heterocycles. The molecule has 0 unspecified atom stereocenters. The zero-order chi connectivity index (χ0) is 79.6. The fraction of sp³-hybridized carbons (Fsp3) is 0.677. The zero-order valence-electron chi connectivity index (χ0n) is 56.4. The molecule has 5 rings (SSSR count). The predicted octanol–water partition coefficient (Wildman–Crippen LogP) is 8.10. The minimum absolute atomic E-state index is 0.00617. The van der Waals surface area contributed by atoms with Crippen LogP contribution in [-0.2, 0) is 64.5 Å². The standard InChI is InChI=1S/C62H76F24N12O8/c63-55(64,65)47(99)91-19-1-15-87(39-43-7-11-45(12-8-43)41-89-17-3-21-95(51(103)59(75,76)77)35-37-97(53(105)61(81,82)83)25-5-23-93(33-29-89)49(101)57(69,70)71)27-32-92(48(100)56(66,67)68)20-2-16-88(28-31-91)40-44-9-13-46(14-10-44)42-90-18-4-22-96(52(104)60(78,79)80)36-38-98(54(106)62(84,85)86)26-6-24-94(34-30-90)50(102)58(72,73)74/h7-14H,1-6,15-42H2. The summed E-state index contributed by atoms with van der Waals surface area (Å²) in [5.74, 6) is -19.4. The van der Waals surface area contributed by atoms with Gasteiger partial charge in [0.1, 0.15) is 0 Å². The Labute approximate surface area is 590 Å². The number of amides is 8. The normalized spacial score (nSPS) is 19.1. The molecule has 3 fully saturated rings. The van der Waals surface area contributed by atoms with E-state index in [1.165, 1.54) is 68.1 Å². The molecule has 0 spiro atoms. The van der Waals surface area contributed by atoms with Crippen molar-refractivity contribution in [2.75, 3.05) is 157 Å². The lowest BCUT2D eigenvalue weighted by atomic mass is 10.1. The maximum atomic E-state index is 14.2. The highest BCUT2D eigenvalue weighted by Crippen LogP contribution is 2.28. The molecule has 600 valence electrons. The summed E-state index contributed by atoms with van der Waals surface area (Å²) >= 11 is 0. The van der Waals surface area contributed by atoms with Crippen LogP contribution in [-0.4, -0.2) is 313 Å². The van der Waals surface area contributed by atoms with Crippen molar-refractivity contribution in [1.82, 2.24) is 58.8 Å². The zero-order valence-corrected chi connectivity index (χ0v) is 56.4. The lowest BCUT2D eigenvalue weighted by Gasteiger charge is -2.33. The lowest BCUT2D eigenvalue weighted by molar-refractivity contribution is -0.189. The van der Waals surface area contributed by atoms with Crippen molar-refractivity contribution in [3.05, 3.63) is 70.8 Å². The van der Waals surface area contributed by atoms with Gasteiger partial charge in [-0.25, -0.2) is 0 Å². The second-order valence-corrected chi connectivity index (χ2v) is 25.2. The van der Waals surface area contributed by atoms with Gasteiger partial charge in [0.05, 0.1) is 0 Å². The molecule has 20 nitrogen and oxygen atoms in total. The summed E-state index contributed by atoms with van der Waals surface area (Å²) < 4.78 is 332. The van der Waals surface area contributed by atoms with Crippen molar-refractivity contribution in [2.24, 2.45) is 0 Å². The van der Waals surface area contributed by atoms with E-state index in [9.17, 15) is 144 Å².